The topological polar surface area (TPSA) is 69.2 Å². The van der Waals surface area contributed by atoms with Crippen molar-refractivity contribution in [3.8, 4) is 22.6 Å². The molecule has 0 saturated carbocycles. The SMILES string of the molecule is C=C[C@H](CCc1nc(-c2ccccc2)c(-c2ccccc2)o1)C(C)(C)[N+](=O)[O-]. The van der Waals surface area contributed by atoms with Gasteiger partial charge in [0, 0.05) is 42.2 Å². The standard InChI is InChI=1S/C23H24N2O3/c1-4-19(23(2,3)25(26)27)15-16-20-24-21(17-11-7-5-8-12-17)22(28-20)18-13-9-6-10-14-18/h4-14,19H,1,15-16H2,2-3H3/t19-/m1/s1. The number of benzene rings is 2. The third kappa shape index (κ3) is 4.03. The van der Waals surface area contributed by atoms with Gasteiger partial charge in [0.25, 0.3) is 0 Å². The number of rotatable bonds is 8. The molecule has 0 aliphatic heterocycles. The Kier molecular flexibility index (Phi) is 5.73. The summed E-state index contributed by atoms with van der Waals surface area (Å²) >= 11 is 0. The fourth-order valence-corrected chi connectivity index (χ4v) is 3.22. The molecule has 28 heavy (non-hydrogen) atoms. The molecule has 0 spiro atoms. The van der Waals surface area contributed by atoms with Gasteiger partial charge >= 0.3 is 0 Å². The van der Waals surface area contributed by atoms with Gasteiger partial charge in [-0.15, -0.1) is 6.58 Å². The summed E-state index contributed by atoms with van der Waals surface area (Å²) in [4.78, 5) is 15.8. The zero-order chi connectivity index (χ0) is 20.1. The molecule has 0 bridgehead atoms. The summed E-state index contributed by atoms with van der Waals surface area (Å²) in [5.41, 5.74) is 1.62. The van der Waals surface area contributed by atoms with Gasteiger partial charge in [-0.05, 0) is 6.42 Å². The van der Waals surface area contributed by atoms with Crippen LogP contribution >= 0.6 is 0 Å². The molecular weight excluding hydrogens is 352 g/mol. The predicted octanol–water partition coefficient (Wildman–Crippen LogP) is 5.80. The number of nitro groups is 1. The zero-order valence-electron chi connectivity index (χ0n) is 16.2. The highest BCUT2D eigenvalue weighted by atomic mass is 16.6. The largest absolute Gasteiger partial charge is 0.440 e. The van der Waals surface area contributed by atoms with Crippen molar-refractivity contribution in [3.63, 3.8) is 0 Å². The molecule has 0 N–H and O–H groups in total. The molecule has 1 aromatic heterocycles. The van der Waals surface area contributed by atoms with Crippen molar-refractivity contribution < 1.29 is 9.34 Å². The quantitative estimate of drug-likeness (QED) is 0.283. The minimum Gasteiger partial charge on any atom is -0.440 e. The van der Waals surface area contributed by atoms with Gasteiger partial charge in [-0.25, -0.2) is 4.98 Å². The predicted molar refractivity (Wildman–Crippen MR) is 110 cm³/mol. The van der Waals surface area contributed by atoms with E-state index in [-0.39, 0.29) is 10.8 Å². The van der Waals surface area contributed by atoms with Gasteiger partial charge in [-0.3, -0.25) is 10.1 Å². The second-order valence-electron chi connectivity index (χ2n) is 7.31. The zero-order valence-corrected chi connectivity index (χ0v) is 16.2. The van der Waals surface area contributed by atoms with Crippen LogP contribution in [-0.2, 0) is 6.42 Å². The van der Waals surface area contributed by atoms with Crippen LogP contribution in [-0.4, -0.2) is 15.4 Å². The molecule has 2 aromatic carbocycles. The maximum absolute atomic E-state index is 11.4. The highest BCUT2D eigenvalue weighted by Gasteiger charge is 2.38. The van der Waals surface area contributed by atoms with Crippen LogP contribution in [0.3, 0.4) is 0 Å². The number of aromatic nitrogens is 1. The summed E-state index contributed by atoms with van der Waals surface area (Å²) in [6.45, 7) is 7.03. The average Bonchev–Trinajstić information content (AvgIpc) is 3.14. The van der Waals surface area contributed by atoms with Crippen LogP contribution in [0.15, 0.2) is 77.7 Å². The van der Waals surface area contributed by atoms with Crippen LogP contribution in [0.4, 0.5) is 0 Å². The Balaban J connectivity index is 1.92. The lowest BCUT2D eigenvalue weighted by Gasteiger charge is -2.23. The fraction of sp³-hybridized carbons (Fsp3) is 0.261. The monoisotopic (exact) mass is 376 g/mol. The first-order valence-electron chi connectivity index (χ1n) is 9.31. The Morgan fingerprint density at radius 3 is 2.21 bits per heavy atom. The highest BCUT2D eigenvalue weighted by molar-refractivity contribution is 5.76. The lowest BCUT2D eigenvalue weighted by atomic mass is 9.84. The smallest absolute Gasteiger partial charge is 0.222 e. The van der Waals surface area contributed by atoms with Crippen molar-refractivity contribution in [2.75, 3.05) is 0 Å². The summed E-state index contributed by atoms with van der Waals surface area (Å²) in [7, 11) is 0. The van der Waals surface area contributed by atoms with E-state index in [9.17, 15) is 10.1 Å². The number of aryl methyl sites for hydroxylation is 1. The molecule has 144 valence electrons. The van der Waals surface area contributed by atoms with Crippen LogP contribution in [0.5, 0.6) is 0 Å². The van der Waals surface area contributed by atoms with Crippen molar-refractivity contribution in [2.24, 2.45) is 5.92 Å². The van der Waals surface area contributed by atoms with Crippen molar-refractivity contribution in [1.82, 2.24) is 4.98 Å². The van der Waals surface area contributed by atoms with Gasteiger partial charge in [0.1, 0.15) is 5.69 Å². The third-order valence-corrected chi connectivity index (χ3v) is 5.09. The lowest BCUT2D eigenvalue weighted by Crippen LogP contribution is -2.38. The molecule has 0 aliphatic carbocycles. The van der Waals surface area contributed by atoms with E-state index in [1.807, 2.05) is 60.7 Å². The maximum atomic E-state index is 11.4. The first-order chi connectivity index (χ1) is 13.4. The molecule has 3 rings (SSSR count). The molecule has 5 heteroatoms. The number of hydrogen-bond acceptors (Lipinski definition) is 4. The van der Waals surface area contributed by atoms with E-state index in [4.69, 9.17) is 9.40 Å². The third-order valence-electron chi connectivity index (χ3n) is 5.09. The van der Waals surface area contributed by atoms with Crippen molar-refractivity contribution in [3.05, 3.63) is 89.3 Å². The Hall–Kier alpha value is -3.21. The molecule has 3 aromatic rings. The minimum atomic E-state index is -1.08. The second-order valence-corrected chi connectivity index (χ2v) is 7.31. The van der Waals surface area contributed by atoms with E-state index in [0.717, 1.165) is 16.8 Å². The first kappa shape index (κ1) is 19.5. The van der Waals surface area contributed by atoms with Gasteiger partial charge in [0.05, 0.1) is 0 Å². The van der Waals surface area contributed by atoms with Crippen LogP contribution < -0.4 is 0 Å². The van der Waals surface area contributed by atoms with Gasteiger partial charge in [0.15, 0.2) is 11.7 Å². The normalized spacial score (nSPS) is 12.5. The van der Waals surface area contributed by atoms with Gasteiger partial charge < -0.3 is 4.42 Å². The van der Waals surface area contributed by atoms with Crippen LogP contribution in [0.25, 0.3) is 22.6 Å². The molecule has 0 aliphatic rings. The summed E-state index contributed by atoms with van der Waals surface area (Å²) < 4.78 is 6.11. The maximum Gasteiger partial charge on any atom is 0.222 e. The van der Waals surface area contributed by atoms with Crippen LogP contribution in [0.1, 0.15) is 26.2 Å². The first-order valence-corrected chi connectivity index (χ1v) is 9.31. The van der Waals surface area contributed by atoms with E-state index in [1.165, 1.54) is 0 Å². The van der Waals surface area contributed by atoms with Crippen LogP contribution in [0.2, 0.25) is 0 Å². The lowest BCUT2D eigenvalue weighted by molar-refractivity contribution is -0.568. The molecule has 1 atom stereocenters. The van der Waals surface area contributed by atoms with E-state index in [0.29, 0.717) is 24.5 Å². The Morgan fingerprint density at radius 2 is 1.68 bits per heavy atom. The van der Waals surface area contributed by atoms with Crippen molar-refractivity contribution in [1.29, 1.82) is 0 Å². The molecule has 0 radical (unpaired) electrons. The van der Waals surface area contributed by atoms with Gasteiger partial charge in [-0.2, -0.15) is 0 Å². The van der Waals surface area contributed by atoms with Gasteiger partial charge in [0.2, 0.25) is 5.54 Å². The van der Waals surface area contributed by atoms with E-state index < -0.39 is 5.54 Å². The summed E-state index contributed by atoms with van der Waals surface area (Å²) in [6.07, 6.45) is 2.70. The Bertz CT molecular complexity index is 889. The van der Waals surface area contributed by atoms with Crippen LogP contribution in [0, 0.1) is 16.0 Å². The van der Waals surface area contributed by atoms with Gasteiger partial charge in [-0.1, -0.05) is 66.7 Å². The summed E-state index contributed by atoms with van der Waals surface area (Å²) in [5.74, 6) is 1.00. The molecule has 0 amide bonds. The van der Waals surface area contributed by atoms with Crippen molar-refractivity contribution >= 4 is 0 Å². The summed E-state index contributed by atoms with van der Waals surface area (Å²) in [6, 6.07) is 19.7. The molecule has 0 saturated heterocycles. The molecule has 0 fully saturated rings. The highest BCUT2D eigenvalue weighted by Crippen LogP contribution is 2.34. The van der Waals surface area contributed by atoms with E-state index in [1.54, 1.807) is 19.9 Å². The Labute approximate surface area is 164 Å². The average molecular weight is 376 g/mol. The molecule has 1 heterocycles. The second kappa shape index (κ2) is 8.21. The number of nitrogens with zero attached hydrogens (tertiary/aromatic N) is 2. The molecular formula is C23H24N2O3. The number of hydrogen-bond donors (Lipinski definition) is 0. The van der Waals surface area contributed by atoms with Crippen molar-refractivity contribution in [2.45, 2.75) is 32.2 Å². The Morgan fingerprint density at radius 1 is 1.11 bits per heavy atom. The minimum absolute atomic E-state index is 0.250. The molecule has 5 nitrogen and oxygen atoms in total. The van der Waals surface area contributed by atoms with E-state index in [2.05, 4.69) is 6.58 Å². The number of oxazole rings is 1. The van der Waals surface area contributed by atoms with E-state index >= 15 is 0 Å². The fourth-order valence-electron chi connectivity index (χ4n) is 3.22. The molecule has 0 unspecified atom stereocenters. The summed E-state index contributed by atoms with van der Waals surface area (Å²) in [5, 5.41) is 11.4.